The third-order valence-electron chi connectivity index (χ3n) is 2.80. The smallest absolute Gasteiger partial charge is 0.257 e. The van der Waals surface area contributed by atoms with Gasteiger partial charge in [-0.2, -0.15) is 0 Å². The summed E-state index contributed by atoms with van der Waals surface area (Å²) in [5, 5.41) is 6.33. The van der Waals surface area contributed by atoms with Gasteiger partial charge >= 0.3 is 0 Å². The van der Waals surface area contributed by atoms with Crippen molar-refractivity contribution in [1.29, 1.82) is 0 Å². The Morgan fingerprint density at radius 2 is 1.95 bits per heavy atom. The van der Waals surface area contributed by atoms with Gasteiger partial charge in [-0.15, -0.1) is 0 Å². The van der Waals surface area contributed by atoms with Gasteiger partial charge in [0.1, 0.15) is 0 Å². The maximum Gasteiger partial charge on any atom is 0.257 e. The van der Waals surface area contributed by atoms with Crippen LogP contribution in [0.5, 0.6) is 0 Å². The van der Waals surface area contributed by atoms with Crippen molar-refractivity contribution in [3.05, 3.63) is 62.2 Å². The number of nitrogens with one attached hydrogen (secondary N) is 2. The molecule has 0 saturated carbocycles. The van der Waals surface area contributed by atoms with Crippen LogP contribution in [-0.2, 0) is 0 Å². The summed E-state index contributed by atoms with van der Waals surface area (Å²) in [6.07, 6.45) is 0. The second-order valence-corrected chi connectivity index (χ2v) is 6.41. The van der Waals surface area contributed by atoms with E-state index in [2.05, 4.69) is 33.2 Å². The van der Waals surface area contributed by atoms with E-state index >= 15 is 0 Å². The van der Waals surface area contributed by atoms with Crippen LogP contribution < -0.4 is 10.6 Å². The van der Waals surface area contributed by atoms with Crippen LogP contribution in [0.2, 0.25) is 5.02 Å². The van der Waals surface area contributed by atoms with Gasteiger partial charge in [-0.25, -0.2) is 0 Å². The predicted octanol–water partition coefficient (Wildman–Crippen LogP) is 4.38. The van der Waals surface area contributed by atoms with Crippen LogP contribution in [0.3, 0.4) is 0 Å². The summed E-state index contributed by atoms with van der Waals surface area (Å²) in [5.74, 6) is -0.243. The minimum absolute atomic E-state index is 0.214. The molecule has 21 heavy (non-hydrogen) atoms. The van der Waals surface area contributed by atoms with E-state index in [9.17, 15) is 4.79 Å². The lowest BCUT2D eigenvalue weighted by Gasteiger charge is -2.12. The number of carbonyl (C=O) groups is 1. The van der Waals surface area contributed by atoms with E-state index in [1.165, 1.54) is 0 Å². The predicted molar refractivity (Wildman–Crippen MR) is 99.0 cm³/mol. The molecule has 2 aromatic carbocycles. The molecule has 0 radical (unpaired) electrons. The molecule has 0 heterocycles. The number of hydrogen-bond donors (Lipinski definition) is 2. The average molecular weight is 431 g/mol. The van der Waals surface area contributed by atoms with Gasteiger partial charge < -0.3 is 5.32 Å². The van der Waals surface area contributed by atoms with Gasteiger partial charge in [0.2, 0.25) is 0 Å². The van der Waals surface area contributed by atoms with Gasteiger partial charge in [0.25, 0.3) is 5.91 Å². The lowest BCUT2D eigenvalue weighted by Crippen LogP contribution is -2.34. The molecule has 3 nitrogen and oxygen atoms in total. The highest BCUT2D eigenvalue weighted by Crippen LogP contribution is 2.23. The van der Waals surface area contributed by atoms with E-state index in [-0.39, 0.29) is 11.0 Å². The molecule has 1 amide bonds. The Morgan fingerprint density at radius 1 is 1.24 bits per heavy atom. The number of anilines is 1. The average Bonchev–Trinajstić information content (AvgIpc) is 2.42. The first kappa shape index (κ1) is 16.2. The maximum atomic E-state index is 12.1. The highest BCUT2D eigenvalue weighted by atomic mass is 127. The molecule has 0 aliphatic heterocycles. The molecule has 6 heteroatoms. The summed E-state index contributed by atoms with van der Waals surface area (Å²) in [5.41, 5.74) is 2.15. The molecular formula is C15H12ClIN2OS. The SMILES string of the molecule is Cc1ccccc1C(=O)NC(=S)Nc1ccc(I)cc1Cl. The second-order valence-electron chi connectivity index (χ2n) is 4.35. The molecule has 0 spiro atoms. The van der Waals surface area contributed by atoms with Crippen LogP contribution >= 0.6 is 46.4 Å². The number of rotatable bonds is 2. The lowest BCUT2D eigenvalue weighted by atomic mass is 10.1. The fourth-order valence-electron chi connectivity index (χ4n) is 1.74. The minimum atomic E-state index is -0.243. The summed E-state index contributed by atoms with van der Waals surface area (Å²) < 4.78 is 1.03. The molecule has 2 N–H and O–H groups in total. The van der Waals surface area contributed by atoms with Crippen LogP contribution in [0.4, 0.5) is 5.69 Å². The highest BCUT2D eigenvalue weighted by molar-refractivity contribution is 14.1. The molecule has 0 aromatic heterocycles. The van der Waals surface area contributed by atoms with E-state index in [4.69, 9.17) is 23.8 Å². The first-order valence-corrected chi connectivity index (χ1v) is 7.97. The van der Waals surface area contributed by atoms with Crippen molar-refractivity contribution in [3.63, 3.8) is 0 Å². The number of halogens is 2. The molecule has 0 atom stereocenters. The van der Waals surface area contributed by atoms with Gasteiger partial charge in [0.15, 0.2) is 5.11 Å². The molecule has 0 aliphatic carbocycles. The zero-order valence-corrected chi connectivity index (χ0v) is 14.8. The number of aryl methyl sites for hydroxylation is 1. The Labute approximate surface area is 147 Å². The number of hydrogen-bond acceptors (Lipinski definition) is 2. The molecule has 0 aliphatic rings. The zero-order chi connectivity index (χ0) is 15.4. The van der Waals surface area contributed by atoms with Crippen molar-refractivity contribution >= 4 is 63.1 Å². The molecule has 0 bridgehead atoms. The highest BCUT2D eigenvalue weighted by Gasteiger charge is 2.11. The molecule has 2 rings (SSSR count). The van der Waals surface area contributed by atoms with E-state index in [0.29, 0.717) is 16.3 Å². The Morgan fingerprint density at radius 3 is 2.62 bits per heavy atom. The molecule has 2 aromatic rings. The summed E-state index contributed by atoms with van der Waals surface area (Å²) in [7, 11) is 0. The van der Waals surface area contributed by atoms with Crippen LogP contribution in [0.25, 0.3) is 0 Å². The molecule has 0 fully saturated rings. The van der Waals surface area contributed by atoms with Gasteiger partial charge in [-0.05, 0) is 71.6 Å². The Hall–Kier alpha value is -1.18. The van der Waals surface area contributed by atoms with Crippen molar-refractivity contribution in [2.24, 2.45) is 0 Å². The molecule has 108 valence electrons. The van der Waals surface area contributed by atoms with Crippen molar-refractivity contribution < 1.29 is 4.79 Å². The first-order chi connectivity index (χ1) is 9.97. The lowest BCUT2D eigenvalue weighted by molar-refractivity contribution is 0.0977. The number of benzene rings is 2. The fraction of sp³-hybridized carbons (Fsp3) is 0.0667. The van der Waals surface area contributed by atoms with Gasteiger partial charge in [0, 0.05) is 9.13 Å². The Balaban J connectivity index is 2.05. The molecular weight excluding hydrogens is 419 g/mol. The number of thiocarbonyl (C=S) groups is 1. The monoisotopic (exact) mass is 430 g/mol. The third-order valence-corrected chi connectivity index (χ3v) is 3.98. The summed E-state index contributed by atoms with van der Waals surface area (Å²) in [4.78, 5) is 12.1. The van der Waals surface area contributed by atoms with Crippen molar-refractivity contribution in [2.75, 3.05) is 5.32 Å². The third kappa shape index (κ3) is 4.39. The zero-order valence-electron chi connectivity index (χ0n) is 11.1. The largest absolute Gasteiger partial charge is 0.331 e. The summed E-state index contributed by atoms with van der Waals surface area (Å²) >= 11 is 13.4. The quantitative estimate of drug-likeness (QED) is 0.549. The molecule has 0 saturated heterocycles. The Kier molecular flexibility index (Phi) is 5.55. The fourth-order valence-corrected chi connectivity index (χ4v) is 2.85. The van der Waals surface area contributed by atoms with Crippen LogP contribution in [0.1, 0.15) is 15.9 Å². The summed E-state index contributed by atoms with van der Waals surface area (Å²) in [6.45, 7) is 1.88. The maximum absolute atomic E-state index is 12.1. The summed E-state index contributed by atoms with van der Waals surface area (Å²) in [6, 6.07) is 12.9. The van der Waals surface area contributed by atoms with Crippen molar-refractivity contribution in [2.45, 2.75) is 6.92 Å². The van der Waals surface area contributed by atoms with E-state index in [1.54, 1.807) is 6.07 Å². The Bertz CT molecular complexity index is 706. The van der Waals surface area contributed by atoms with E-state index in [1.807, 2.05) is 43.3 Å². The number of amides is 1. The van der Waals surface area contributed by atoms with Gasteiger partial charge in [-0.1, -0.05) is 29.8 Å². The first-order valence-electron chi connectivity index (χ1n) is 6.10. The van der Waals surface area contributed by atoms with Crippen molar-refractivity contribution in [3.8, 4) is 0 Å². The van der Waals surface area contributed by atoms with Crippen LogP contribution in [0, 0.1) is 10.5 Å². The van der Waals surface area contributed by atoms with Gasteiger partial charge in [-0.3, -0.25) is 10.1 Å². The minimum Gasteiger partial charge on any atom is -0.331 e. The topological polar surface area (TPSA) is 41.1 Å². The molecule has 0 unspecified atom stereocenters. The van der Waals surface area contributed by atoms with E-state index in [0.717, 1.165) is 9.13 Å². The second kappa shape index (κ2) is 7.20. The van der Waals surface area contributed by atoms with Crippen LogP contribution in [0.15, 0.2) is 42.5 Å². The standard InChI is InChI=1S/C15H12ClIN2OS/c1-9-4-2-3-5-11(9)14(20)19-15(21)18-13-7-6-10(17)8-12(13)16/h2-8H,1H3,(H2,18,19,20,21). The van der Waals surface area contributed by atoms with Crippen molar-refractivity contribution in [1.82, 2.24) is 5.32 Å². The van der Waals surface area contributed by atoms with E-state index < -0.39 is 0 Å². The van der Waals surface area contributed by atoms with Crippen LogP contribution in [-0.4, -0.2) is 11.0 Å². The normalized spacial score (nSPS) is 10.0. The van der Waals surface area contributed by atoms with Gasteiger partial charge in [0.05, 0.1) is 10.7 Å². The number of carbonyl (C=O) groups excluding carboxylic acids is 1.